The van der Waals surface area contributed by atoms with Crippen molar-refractivity contribution in [3.63, 3.8) is 0 Å². The number of nitrogens with zero attached hydrogens (tertiary/aromatic N) is 2. The van der Waals surface area contributed by atoms with Gasteiger partial charge in [-0.05, 0) is 22.9 Å². The average molecular weight is 329 g/mol. The Kier molecular flexibility index (Phi) is 3.86. The van der Waals surface area contributed by atoms with E-state index in [1.807, 2.05) is 47.2 Å². The first-order valence-corrected chi connectivity index (χ1v) is 8.18. The monoisotopic (exact) mass is 329 g/mol. The third-order valence-corrected chi connectivity index (χ3v) is 4.39. The van der Waals surface area contributed by atoms with E-state index in [4.69, 9.17) is 10.5 Å². The van der Waals surface area contributed by atoms with Crippen molar-refractivity contribution in [3.8, 4) is 17.0 Å². The molecule has 0 radical (unpaired) electrons. The predicted octanol–water partition coefficient (Wildman–Crippen LogP) is 4.34. The summed E-state index contributed by atoms with van der Waals surface area (Å²) in [6.45, 7) is 0.621. The second-order valence-electron chi connectivity index (χ2n) is 5.99. The summed E-state index contributed by atoms with van der Waals surface area (Å²) in [5, 5.41) is 2.41. The zero-order valence-electron chi connectivity index (χ0n) is 14.0. The molecule has 1 heterocycles. The molecule has 25 heavy (non-hydrogen) atoms. The molecule has 0 unspecified atom stereocenters. The lowest BCUT2D eigenvalue weighted by Gasteiger charge is -2.09. The van der Waals surface area contributed by atoms with E-state index in [2.05, 4.69) is 35.3 Å². The van der Waals surface area contributed by atoms with Gasteiger partial charge in [0.25, 0.3) is 0 Å². The summed E-state index contributed by atoms with van der Waals surface area (Å²) in [5.74, 6) is 1.34. The fraction of sp³-hybridized carbons (Fsp3) is 0.0952. The Hall–Kier alpha value is -3.27. The molecule has 4 aromatic rings. The molecule has 0 aliphatic carbocycles. The predicted molar refractivity (Wildman–Crippen MR) is 102 cm³/mol. The van der Waals surface area contributed by atoms with Gasteiger partial charge in [0.15, 0.2) is 0 Å². The molecule has 0 saturated heterocycles. The van der Waals surface area contributed by atoms with Crippen LogP contribution in [-0.2, 0) is 6.54 Å². The Labute approximate surface area is 146 Å². The van der Waals surface area contributed by atoms with Gasteiger partial charge in [0.2, 0.25) is 5.95 Å². The van der Waals surface area contributed by atoms with Gasteiger partial charge < -0.3 is 15.0 Å². The first kappa shape index (κ1) is 15.3. The third kappa shape index (κ3) is 2.94. The maximum atomic E-state index is 6.14. The normalized spacial score (nSPS) is 10.9. The van der Waals surface area contributed by atoms with Crippen molar-refractivity contribution in [2.24, 2.45) is 0 Å². The highest BCUT2D eigenvalue weighted by molar-refractivity contribution is 5.86. The lowest BCUT2D eigenvalue weighted by atomic mass is 10.1. The number of methoxy groups -OCH3 is 1. The lowest BCUT2D eigenvalue weighted by Crippen LogP contribution is -2.04. The topological polar surface area (TPSA) is 53.1 Å². The van der Waals surface area contributed by atoms with Crippen molar-refractivity contribution >= 4 is 16.7 Å². The van der Waals surface area contributed by atoms with Crippen molar-refractivity contribution in [3.05, 3.63) is 78.5 Å². The molecule has 0 saturated carbocycles. The van der Waals surface area contributed by atoms with Crippen molar-refractivity contribution in [1.29, 1.82) is 0 Å². The Bertz CT molecular complexity index is 1040. The molecule has 0 fully saturated rings. The number of para-hydroxylation sites is 1. The third-order valence-electron chi connectivity index (χ3n) is 4.39. The summed E-state index contributed by atoms with van der Waals surface area (Å²) < 4.78 is 7.37. The molecule has 0 aliphatic heterocycles. The minimum atomic E-state index is 0.495. The number of benzene rings is 3. The minimum Gasteiger partial charge on any atom is -0.496 e. The van der Waals surface area contributed by atoms with Gasteiger partial charge >= 0.3 is 0 Å². The van der Waals surface area contributed by atoms with Gasteiger partial charge in [0.1, 0.15) is 5.75 Å². The maximum Gasteiger partial charge on any atom is 0.201 e. The van der Waals surface area contributed by atoms with Crippen LogP contribution in [0, 0.1) is 0 Å². The van der Waals surface area contributed by atoms with Crippen LogP contribution in [0.25, 0.3) is 22.0 Å². The second-order valence-corrected chi connectivity index (χ2v) is 5.99. The van der Waals surface area contributed by atoms with Crippen LogP contribution in [0.4, 0.5) is 5.95 Å². The maximum absolute atomic E-state index is 6.14. The van der Waals surface area contributed by atoms with Crippen molar-refractivity contribution in [2.45, 2.75) is 6.54 Å². The van der Waals surface area contributed by atoms with E-state index in [0.29, 0.717) is 12.5 Å². The number of hydrogen-bond donors (Lipinski definition) is 1. The number of anilines is 1. The number of aromatic nitrogens is 2. The highest BCUT2D eigenvalue weighted by Crippen LogP contribution is 2.26. The van der Waals surface area contributed by atoms with Crippen LogP contribution in [0.3, 0.4) is 0 Å². The van der Waals surface area contributed by atoms with E-state index in [9.17, 15) is 0 Å². The molecule has 4 heteroatoms. The Morgan fingerprint density at radius 1 is 0.960 bits per heavy atom. The van der Waals surface area contributed by atoms with Crippen LogP contribution in [0.2, 0.25) is 0 Å². The molecule has 0 spiro atoms. The summed E-state index contributed by atoms with van der Waals surface area (Å²) in [6.07, 6.45) is 1.99. The van der Waals surface area contributed by atoms with Crippen molar-refractivity contribution in [2.75, 3.05) is 12.8 Å². The smallest absolute Gasteiger partial charge is 0.201 e. The van der Waals surface area contributed by atoms with Crippen molar-refractivity contribution < 1.29 is 4.74 Å². The van der Waals surface area contributed by atoms with Gasteiger partial charge in [-0.2, -0.15) is 0 Å². The van der Waals surface area contributed by atoms with Gasteiger partial charge in [0.05, 0.1) is 19.3 Å². The van der Waals surface area contributed by atoms with E-state index in [0.717, 1.165) is 22.6 Å². The number of rotatable bonds is 4. The summed E-state index contributed by atoms with van der Waals surface area (Å²) in [4.78, 5) is 4.54. The van der Waals surface area contributed by atoms with E-state index >= 15 is 0 Å². The van der Waals surface area contributed by atoms with Gasteiger partial charge in [0, 0.05) is 17.3 Å². The molecule has 2 N–H and O–H groups in total. The molecule has 124 valence electrons. The molecule has 3 aromatic carbocycles. The SMILES string of the molecule is COc1ccccc1Cn1cc(-c2ccc3ccccc3c2)nc1N. The van der Waals surface area contributed by atoms with Crippen LogP contribution in [0.15, 0.2) is 72.9 Å². The summed E-state index contributed by atoms with van der Waals surface area (Å²) in [5.41, 5.74) is 9.14. The van der Waals surface area contributed by atoms with E-state index in [-0.39, 0.29) is 0 Å². The van der Waals surface area contributed by atoms with Crippen LogP contribution < -0.4 is 10.5 Å². The lowest BCUT2D eigenvalue weighted by molar-refractivity contribution is 0.408. The van der Waals surface area contributed by atoms with E-state index in [1.165, 1.54) is 10.8 Å². The first-order valence-electron chi connectivity index (χ1n) is 8.18. The molecule has 0 atom stereocenters. The molecular formula is C21H19N3O. The number of nitrogen functional groups attached to an aromatic ring is 1. The summed E-state index contributed by atoms with van der Waals surface area (Å²) in [6, 6.07) is 22.6. The Morgan fingerprint density at radius 2 is 1.72 bits per heavy atom. The van der Waals surface area contributed by atoms with Gasteiger partial charge in [-0.15, -0.1) is 0 Å². The molecule has 1 aromatic heterocycles. The quantitative estimate of drug-likeness (QED) is 0.606. The number of nitrogens with two attached hydrogens (primary N) is 1. The molecule has 0 amide bonds. The largest absolute Gasteiger partial charge is 0.496 e. The number of hydrogen-bond acceptors (Lipinski definition) is 3. The Morgan fingerprint density at radius 3 is 2.56 bits per heavy atom. The van der Waals surface area contributed by atoms with Crippen molar-refractivity contribution in [1.82, 2.24) is 9.55 Å². The molecule has 4 nitrogen and oxygen atoms in total. The standard InChI is InChI=1S/C21H19N3O/c1-25-20-9-5-4-8-18(20)13-24-14-19(23-21(24)22)17-11-10-15-6-2-3-7-16(15)12-17/h2-12,14H,13H2,1H3,(H2,22,23). The average Bonchev–Trinajstić information content (AvgIpc) is 3.02. The van der Waals surface area contributed by atoms with Crippen LogP contribution >= 0.6 is 0 Å². The minimum absolute atomic E-state index is 0.495. The molecule has 4 rings (SSSR count). The number of fused-ring (bicyclic) bond motifs is 1. The zero-order chi connectivity index (χ0) is 17.2. The van der Waals surface area contributed by atoms with E-state index in [1.54, 1.807) is 7.11 Å². The van der Waals surface area contributed by atoms with Gasteiger partial charge in [-0.3, -0.25) is 0 Å². The first-order chi connectivity index (χ1) is 12.2. The molecule has 0 aliphatic rings. The fourth-order valence-corrected chi connectivity index (χ4v) is 3.06. The van der Waals surface area contributed by atoms with E-state index < -0.39 is 0 Å². The summed E-state index contributed by atoms with van der Waals surface area (Å²) >= 11 is 0. The van der Waals surface area contributed by atoms with Gasteiger partial charge in [-0.25, -0.2) is 4.98 Å². The van der Waals surface area contributed by atoms with Crippen LogP contribution in [0.5, 0.6) is 5.75 Å². The molecular weight excluding hydrogens is 310 g/mol. The zero-order valence-corrected chi connectivity index (χ0v) is 14.0. The highest BCUT2D eigenvalue weighted by atomic mass is 16.5. The fourth-order valence-electron chi connectivity index (χ4n) is 3.06. The van der Waals surface area contributed by atoms with Gasteiger partial charge in [-0.1, -0.05) is 54.6 Å². The molecule has 0 bridgehead atoms. The second kappa shape index (κ2) is 6.32. The van der Waals surface area contributed by atoms with Crippen LogP contribution in [-0.4, -0.2) is 16.7 Å². The van der Waals surface area contributed by atoms with Crippen LogP contribution in [0.1, 0.15) is 5.56 Å². The number of ether oxygens (including phenoxy) is 1. The highest BCUT2D eigenvalue weighted by Gasteiger charge is 2.10. The number of imidazole rings is 1. The Balaban J connectivity index is 1.69. The summed E-state index contributed by atoms with van der Waals surface area (Å²) in [7, 11) is 1.68.